The summed E-state index contributed by atoms with van der Waals surface area (Å²) in [6, 6.07) is 11.2. The number of unbranched alkanes of at least 4 members (excludes halogenated alkanes) is 18. The Bertz CT molecular complexity index is 569. The smallest absolute Gasteiger partial charge is 0.140 e. The maximum absolute atomic E-state index is 2.59. The molecular weight excluding hydrogens is 593 g/mol. The highest BCUT2D eigenvalue weighted by molar-refractivity contribution is 7.99. The number of thioether (sulfide) groups is 1. The van der Waals surface area contributed by atoms with E-state index in [4.69, 9.17) is 0 Å². The Morgan fingerprint density at radius 3 is 1.26 bits per heavy atom. The fourth-order valence-corrected chi connectivity index (χ4v) is 7.17. The van der Waals surface area contributed by atoms with E-state index < -0.39 is 0 Å². The van der Waals surface area contributed by atoms with Crippen LogP contribution in [0, 0.1) is 0 Å². The molecule has 1 nitrogen and oxygen atoms in total. The topological polar surface area (TPSA) is 0 Å². The first-order chi connectivity index (χ1) is 18.2. The highest BCUT2D eigenvalue weighted by Gasteiger charge is 2.32. The fraction of sp³-hybridized carbons (Fsp3) is 0.829. The Morgan fingerprint density at radius 1 is 0.526 bits per heavy atom. The predicted octanol–water partition coefficient (Wildman–Crippen LogP) is 9.20. The minimum Gasteiger partial charge on any atom is -1.00 e. The number of hydrogen-bond donors (Lipinski definition) is 0. The summed E-state index contributed by atoms with van der Waals surface area (Å²) in [5.74, 6) is 0. The minimum absolute atomic E-state index is 0. The van der Waals surface area contributed by atoms with Gasteiger partial charge in [-0.15, -0.1) is 0 Å². The zero-order valence-corrected chi connectivity index (χ0v) is 29.1. The van der Waals surface area contributed by atoms with Crippen LogP contribution in [0.4, 0.5) is 0 Å². The lowest BCUT2D eigenvalue weighted by molar-refractivity contribution is -0.920. The fourth-order valence-electron chi connectivity index (χ4n) is 5.72. The molecule has 0 spiro atoms. The second-order valence-electron chi connectivity index (χ2n) is 12.0. The Balaban J connectivity index is 0.0000137. The summed E-state index contributed by atoms with van der Waals surface area (Å²) in [6.45, 7) is 9.72. The van der Waals surface area contributed by atoms with Gasteiger partial charge in [-0.05, 0) is 44.2 Å². The van der Waals surface area contributed by atoms with Gasteiger partial charge in [0.1, 0.15) is 5.37 Å². The zero-order valence-electron chi connectivity index (χ0n) is 26.2. The number of halogens is 1. The van der Waals surface area contributed by atoms with Crippen molar-refractivity contribution >= 4 is 11.8 Å². The lowest BCUT2D eigenvalue weighted by Gasteiger charge is -2.42. The molecule has 0 saturated heterocycles. The maximum Gasteiger partial charge on any atom is 0.140 e. The molecule has 1 atom stereocenters. The first kappa shape index (κ1) is 38.3. The summed E-state index contributed by atoms with van der Waals surface area (Å²) in [5.41, 5.74) is 0. The molecule has 224 valence electrons. The van der Waals surface area contributed by atoms with E-state index in [2.05, 4.69) is 69.9 Å². The number of quaternary nitrogens is 1. The van der Waals surface area contributed by atoms with E-state index in [1.54, 1.807) is 0 Å². The van der Waals surface area contributed by atoms with Crippen LogP contribution in [-0.4, -0.2) is 30.0 Å². The molecule has 0 bridgehead atoms. The van der Waals surface area contributed by atoms with Crippen molar-refractivity contribution in [2.45, 2.75) is 172 Å². The van der Waals surface area contributed by atoms with Crippen molar-refractivity contribution in [2.24, 2.45) is 0 Å². The Labute approximate surface area is 261 Å². The van der Waals surface area contributed by atoms with E-state index in [-0.39, 0.29) is 24.0 Å². The van der Waals surface area contributed by atoms with Crippen molar-refractivity contribution < 1.29 is 28.5 Å². The van der Waals surface area contributed by atoms with E-state index in [0.29, 0.717) is 5.37 Å². The Kier molecular flexibility index (Phi) is 27.6. The highest BCUT2D eigenvalue weighted by atomic mass is 127. The summed E-state index contributed by atoms with van der Waals surface area (Å²) < 4.78 is 1.27. The number of hydrogen-bond acceptors (Lipinski definition) is 1. The largest absolute Gasteiger partial charge is 1.00 e. The summed E-state index contributed by atoms with van der Waals surface area (Å²) >= 11 is 2.16. The van der Waals surface area contributed by atoms with Gasteiger partial charge in [-0.25, -0.2) is 0 Å². The van der Waals surface area contributed by atoms with E-state index in [9.17, 15) is 0 Å². The number of nitrogens with zero attached hydrogens (tertiary/aromatic N) is 1. The van der Waals surface area contributed by atoms with Gasteiger partial charge in [-0.1, -0.05) is 153 Å². The molecule has 0 fully saturated rings. The molecule has 38 heavy (non-hydrogen) atoms. The molecule has 1 aromatic rings. The molecule has 1 rings (SSSR count). The van der Waals surface area contributed by atoms with Crippen molar-refractivity contribution in [3.63, 3.8) is 0 Å². The van der Waals surface area contributed by atoms with E-state index >= 15 is 0 Å². The normalized spacial score (nSPS) is 12.4. The van der Waals surface area contributed by atoms with Gasteiger partial charge in [0.15, 0.2) is 0 Å². The van der Waals surface area contributed by atoms with E-state index in [1.807, 2.05) is 0 Å². The van der Waals surface area contributed by atoms with Crippen molar-refractivity contribution in [1.29, 1.82) is 0 Å². The average molecular weight is 660 g/mol. The van der Waals surface area contributed by atoms with Gasteiger partial charge in [0.25, 0.3) is 0 Å². The summed E-state index contributed by atoms with van der Waals surface area (Å²) in [7, 11) is 2.59. The van der Waals surface area contributed by atoms with Crippen LogP contribution in [-0.2, 0) is 0 Å². The standard InChI is InChI=1S/C35H66NS.HI/c1-5-8-10-12-14-16-18-20-22-27-32-36(4,33-28-23-21-19-17-15-13-11-9-6-2)35(29-7-3)37-34-30-25-24-26-31-34;/h24-26,30-31,35H,5-23,27-29,32-33H2,1-4H3;1H/q+1;/p-1. The maximum atomic E-state index is 2.59. The van der Waals surface area contributed by atoms with Crippen molar-refractivity contribution in [3.05, 3.63) is 30.3 Å². The predicted molar refractivity (Wildman–Crippen MR) is 171 cm³/mol. The first-order valence-corrected chi connectivity index (χ1v) is 17.6. The molecule has 0 aliphatic carbocycles. The minimum atomic E-state index is 0. The molecule has 3 heteroatoms. The summed E-state index contributed by atoms with van der Waals surface area (Å²) in [5, 5.41) is 0.685. The molecule has 0 radical (unpaired) electrons. The SMILES string of the molecule is CCCCCCCCCCCC[N+](C)(CCCCCCCCCCCC)C(CCC)Sc1ccccc1.[I-]. The molecular formula is C35H66INS. The molecule has 0 saturated carbocycles. The molecule has 0 amide bonds. The van der Waals surface area contributed by atoms with Crippen molar-refractivity contribution in [3.8, 4) is 0 Å². The van der Waals surface area contributed by atoms with Gasteiger partial charge in [-0.2, -0.15) is 0 Å². The molecule has 0 aliphatic rings. The third kappa shape index (κ3) is 20.2. The highest BCUT2D eigenvalue weighted by Crippen LogP contribution is 2.34. The second kappa shape index (κ2) is 27.4. The average Bonchev–Trinajstić information content (AvgIpc) is 2.91. The van der Waals surface area contributed by atoms with Crippen molar-refractivity contribution in [2.75, 3.05) is 20.1 Å². The van der Waals surface area contributed by atoms with Gasteiger partial charge in [-0.3, -0.25) is 0 Å². The number of benzene rings is 1. The van der Waals surface area contributed by atoms with E-state index in [1.165, 1.54) is 164 Å². The van der Waals surface area contributed by atoms with Crippen LogP contribution in [0.1, 0.15) is 162 Å². The molecule has 1 unspecified atom stereocenters. The number of rotatable bonds is 27. The lowest BCUT2D eigenvalue weighted by atomic mass is 10.1. The van der Waals surface area contributed by atoms with Crippen LogP contribution < -0.4 is 24.0 Å². The quantitative estimate of drug-likeness (QED) is 0.0299. The van der Waals surface area contributed by atoms with Gasteiger partial charge >= 0.3 is 0 Å². The molecule has 0 N–H and O–H groups in total. The van der Waals surface area contributed by atoms with Crippen LogP contribution in [0.2, 0.25) is 0 Å². The van der Waals surface area contributed by atoms with Gasteiger partial charge in [0.2, 0.25) is 0 Å². The van der Waals surface area contributed by atoms with Crippen molar-refractivity contribution in [1.82, 2.24) is 0 Å². The van der Waals surface area contributed by atoms with Crippen LogP contribution in [0.5, 0.6) is 0 Å². The monoisotopic (exact) mass is 659 g/mol. The van der Waals surface area contributed by atoms with Crippen LogP contribution in [0.15, 0.2) is 35.2 Å². The molecule has 0 aromatic heterocycles. The molecule has 0 heterocycles. The van der Waals surface area contributed by atoms with Gasteiger partial charge in [0.05, 0.1) is 20.1 Å². The first-order valence-electron chi connectivity index (χ1n) is 16.7. The third-order valence-electron chi connectivity index (χ3n) is 8.29. The van der Waals surface area contributed by atoms with Crippen LogP contribution in [0.25, 0.3) is 0 Å². The lowest BCUT2D eigenvalue weighted by Crippen LogP contribution is -3.00. The molecule has 1 aromatic carbocycles. The Hall–Kier alpha value is 0.260. The zero-order chi connectivity index (χ0) is 26.9. The van der Waals surface area contributed by atoms with E-state index in [0.717, 1.165) is 0 Å². The molecule has 0 aliphatic heterocycles. The van der Waals surface area contributed by atoms with Crippen LogP contribution >= 0.6 is 11.8 Å². The van der Waals surface area contributed by atoms with Gasteiger partial charge in [0, 0.05) is 11.3 Å². The summed E-state index contributed by atoms with van der Waals surface area (Å²) in [6.07, 6.45) is 31.3. The summed E-state index contributed by atoms with van der Waals surface area (Å²) in [4.78, 5) is 1.46. The third-order valence-corrected chi connectivity index (χ3v) is 9.85. The second-order valence-corrected chi connectivity index (χ2v) is 13.2. The van der Waals surface area contributed by atoms with Gasteiger partial charge < -0.3 is 28.5 Å². The Morgan fingerprint density at radius 2 is 0.895 bits per heavy atom. The van der Waals surface area contributed by atoms with Crippen LogP contribution in [0.3, 0.4) is 0 Å².